The van der Waals surface area contributed by atoms with E-state index >= 15 is 0 Å². The van der Waals surface area contributed by atoms with E-state index in [2.05, 4.69) is 27.2 Å². The molecule has 0 aromatic carbocycles. The molecule has 0 radical (unpaired) electrons. The lowest BCUT2D eigenvalue weighted by Gasteiger charge is -2.10. The second-order valence-corrected chi connectivity index (χ2v) is 5.79. The van der Waals surface area contributed by atoms with Crippen LogP contribution in [0.15, 0.2) is 12.4 Å². The summed E-state index contributed by atoms with van der Waals surface area (Å²) in [6.07, 6.45) is 5.25. The minimum Gasteiger partial charge on any atom is -0.276 e. The van der Waals surface area contributed by atoms with Crippen molar-refractivity contribution in [3.8, 4) is 0 Å². The first kappa shape index (κ1) is 9.59. The Morgan fingerprint density at radius 1 is 1.69 bits per heavy atom. The third-order valence-electron chi connectivity index (χ3n) is 2.38. The van der Waals surface area contributed by atoms with E-state index in [9.17, 15) is 0 Å². The van der Waals surface area contributed by atoms with Crippen molar-refractivity contribution in [1.82, 2.24) is 9.78 Å². The number of nitrogens with zero attached hydrogens (tertiary/aromatic N) is 2. The molecule has 13 heavy (non-hydrogen) atoms. The molecule has 2 heterocycles. The number of hydrogen-bond donors (Lipinski definition) is 0. The Morgan fingerprint density at radius 2 is 2.54 bits per heavy atom. The highest BCUT2D eigenvalue weighted by Crippen LogP contribution is 2.31. The van der Waals surface area contributed by atoms with Crippen molar-refractivity contribution in [2.45, 2.75) is 11.2 Å². The summed E-state index contributed by atoms with van der Waals surface area (Å²) in [6.45, 7) is 0. The molecule has 2 atom stereocenters. The van der Waals surface area contributed by atoms with Crippen molar-refractivity contribution in [2.24, 2.45) is 13.0 Å². The fraction of sp³-hybridized carbons (Fsp3) is 0.667. The number of alkyl halides is 1. The van der Waals surface area contributed by atoms with Gasteiger partial charge >= 0.3 is 0 Å². The third kappa shape index (κ3) is 2.29. The summed E-state index contributed by atoms with van der Waals surface area (Å²) in [5, 5.41) is 4.18. The largest absolute Gasteiger partial charge is 0.276 e. The zero-order chi connectivity index (χ0) is 9.26. The first-order valence-electron chi connectivity index (χ1n) is 4.45. The van der Waals surface area contributed by atoms with Gasteiger partial charge in [0.15, 0.2) is 0 Å². The van der Waals surface area contributed by atoms with Crippen LogP contribution >= 0.6 is 27.7 Å². The van der Waals surface area contributed by atoms with Gasteiger partial charge in [0.05, 0.1) is 6.20 Å². The average Bonchev–Trinajstić information content (AvgIpc) is 2.64. The molecule has 0 aliphatic carbocycles. The number of aryl methyl sites for hydroxylation is 1. The van der Waals surface area contributed by atoms with Crippen LogP contribution in [0.25, 0.3) is 0 Å². The number of hydrogen-bond acceptors (Lipinski definition) is 2. The quantitative estimate of drug-likeness (QED) is 0.759. The maximum atomic E-state index is 4.18. The molecule has 1 aliphatic rings. The Labute approximate surface area is 91.2 Å². The molecule has 2 rings (SSSR count). The number of halogens is 1. The summed E-state index contributed by atoms with van der Waals surface area (Å²) in [4.78, 5) is 0.692. The van der Waals surface area contributed by atoms with E-state index in [4.69, 9.17) is 0 Å². The predicted molar refractivity (Wildman–Crippen MR) is 60.4 cm³/mol. The Bertz CT molecular complexity index is 287. The van der Waals surface area contributed by atoms with Crippen LogP contribution in [0.1, 0.15) is 5.56 Å². The molecule has 72 valence electrons. The maximum Gasteiger partial charge on any atom is 0.0521 e. The van der Waals surface area contributed by atoms with Gasteiger partial charge in [-0.15, -0.1) is 0 Å². The van der Waals surface area contributed by atoms with E-state index in [1.807, 2.05) is 29.7 Å². The third-order valence-corrected chi connectivity index (χ3v) is 5.14. The molecule has 1 saturated heterocycles. The van der Waals surface area contributed by atoms with Crippen LogP contribution < -0.4 is 0 Å². The normalized spacial score (nSPS) is 28.2. The Kier molecular flexibility index (Phi) is 2.99. The zero-order valence-electron chi connectivity index (χ0n) is 7.61. The smallest absolute Gasteiger partial charge is 0.0521 e. The van der Waals surface area contributed by atoms with Crippen molar-refractivity contribution >= 4 is 27.7 Å². The highest BCUT2D eigenvalue weighted by atomic mass is 79.9. The Morgan fingerprint density at radius 3 is 3.08 bits per heavy atom. The van der Waals surface area contributed by atoms with E-state index in [1.165, 1.54) is 17.1 Å². The van der Waals surface area contributed by atoms with Crippen LogP contribution in [-0.2, 0) is 13.5 Å². The molecule has 1 aliphatic heterocycles. The molecule has 0 saturated carbocycles. The van der Waals surface area contributed by atoms with Crippen LogP contribution in [-0.4, -0.2) is 26.1 Å². The van der Waals surface area contributed by atoms with Gasteiger partial charge in [-0.3, -0.25) is 4.68 Å². The summed E-state index contributed by atoms with van der Waals surface area (Å²) in [5.74, 6) is 3.32. The van der Waals surface area contributed by atoms with Crippen molar-refractivity contribution in [3.05, 3.63) is 18.0 Å². The van der Waals surface area contributed by atoms with E-state index in [-0.39, 0.29) is 0 Å². The maximum absolute atomic E-state index is 4.18. The molecule has 1 fully saturated rings. The van der Waals surface area contributed by atoms with Gasteiger partial charge in [0, 0.05) is 23.8 Å². The number of thioether (sulfide) groups is 1. The SMILES string of the molecule is Cn1cc(CC2CSCC2Br)cn1. The Balaban J connectivity index is 1.97. The van der Waals surface area contributed by atoms with Crippen molar-refractivity contribution in [2.75, 3.05) is 11.5 Å². The van der Waals surface area contributed by atoms with Gasteiger partial charge in [-0.05, 0) is 23.7 Å². The van der Waals surface area contributed by atoms with Crippen molar-refractivity contribution < 1.29 is 0 Å². The summed E-state index contributed by atoms with van der Waals surface area (Å²) >= 11 is 5.76. The van der Waals surface area contributed by atoms with Crippen LogP contribution in [0, 0.1) is 5.92 Å². The van der Waals surface area contributed by atoms with Crippen molar-refractivity contribution in [3.63, 3.8) is 0 Å². The van der Waals surface area contributed by atoms with Crippen LogP contribution in [0.2, 0.25) is 0 Å². The highest BCUT2D eigenvalue weighted by Gasteiger charge is 2.25. The van der Waals surface area contributed by atoms with Gasteiger partial charge < -0.3 is 0 Å². The molecule has 0 bridgehead atoms. The van der Waals surface area contributed by atoms with E-state index in [1.54, 1.807) is 0 Å². The van der Waals surface area contributed by atoms with Gasteiger partial charge in [0.2, 0.25) is 0 Å². The van der Waals surface area contributed by atoms with Crippen LogP contribution in [0.3, 0.4) is 0 Å². The lowest BCUT2D eigenvalue weighted by atomic mass is 10.0. The van der Waals surface area contributed by atoms with Gasteiger partial charge in [0.1, 0.15) is 0 Å². The van der Waals surface area contributed by atoms with E-state index < -0.39 is 0 Å². The van der Waals surface area contributed by atoms with E-state index in [0.717, 1.165) is 12.3 Å². The monoisotopic (exact) mass is 260 g/mol. The summed E-state index contributed by atoms with van der Waals surface area (Å²) in [6, 6.07) is 0. The second-order valence-electron chi connectivity index (χ2n) is 3.54. The fourth-order valence-corrected chi connectivity index (χ4v) is 4.11. The number of aromatic nitrogens is 2. The summed E-state index contributed by atoms with van der Waals surface area (Å²) in [7, 11) is 1.97. The zero-order valence-corrected chi connectivity index (χ0v) is 10.0. The summed E-state index contributed by atoms with van der Waals surface area (Å²) in [5.41, 5.74) is 1.36. The molecule has 2 unspecified atom stereocenters. The first-order valence-corrected chi connectivity index (χ1v) is 6.52. The molecule has 0 spiro atoms. The topological polar surface area (TPSA) is 17.8 Å². The minimum atomic E-state index is 0.692. The van der Waals surface area contributed by atoms with Gasteiger partial charge in [-0.25, -0.2) is 0 Å². The fourth-order valence-electron chi connectivity index (χ4n) is 1.64. The molecule has 1 aromatic rings. The van der Waals surface area contributed by atoms with Gasteiger partial charge in [-0.2, -0.15) is 16.9 Å². The number of rotatable bonds is 2. The van der Waals surface area contributed by atoms with Gasteiger partial charge in [0.25, 0.3) is 0 Å². The Hall–Kier alpha value is 0.0400. The van der Waals surface area contributed by atoms with E-state index in [0.29, 0.717) is 4.83 Å². The van der Waals surface area contributed by atoms with Crippen LogP contribution in [0.5, 0.6) is 0 Å². The van der Waals surface area contributed by atoms with Crippen LogP contribution in [0.4, 0.5) is 0 Å². The highest BCUT2D eigenvalue weighted by molar-refractivity contribution is 9.09. The minimum absolute atomic E-state index is 0.692. The summed E-state index contributed by atoms with van der Waals surface area (Å²) < 4.78 is 1.88. The second kappa shape index (κ2) is 4.05. The molecule has 0 N–H and O–H groups in total. The standard InChI is InChI=1S/C9H13BrN2S/c1-12-4-7(3-11-12)2-8-5-13-6-9(8)10/h3-4,8-9H,2,5-6H2,1H3. The lowest BCUT2D eigenvalue weighted by molar-refractivity contribution is 0.616. The van der Waals surface area contributed by atoms with Gasteiger partial charge in [-0.1, -0.05) is 15.9 Å². The lowest BCUT2D eigenvalue weighted by Crippen LogP contribution is -2.13. The molecular formula is C9H13BrN2S. The predicted octanol–water partition coefficient (Wildman–Crippen LogP) is 2.09. The first-order chi connectivity index (χ1) is 6.25. The molecular weight excluding hydrogens is 248 g/mol. The molecule has 2 nitrogen and oxygen atoms in total. The average molecular weight is 261 g/mol. The van der Waals surface area contributed by atoms with Crippen molar-refractivity contribution in [1.29, 1.82) is 0 Å². The molecule has 1 aromatic heterocycles. The molecule has 0 amide bonds. The molecule has 4 heteroatoms.